The van der Waals surface area contributed by atoms with E-state index in [4.69, 9.17) is 5.73 Å². The molecule has 0 saturated carbocycles. The summed E-state index contributed by atoms with van der Waals surface area (Å²) in [5.41, 5.74) is 7.71. The highest BCUT2D eigenvalue weighted by molar-refractivity contribution is 5.24. The zero-order chi connectivity index (χ0) is 10.6. The van der Waals surface area contributed by atoms with E-state index in [1.54, 1.807) is 0 Å². The number of nitrogens with one attached hydrogen (secondary N) is 1. The summed E-state index contributed by atoms with van der Waals surface area (Å²) in [6.45, 7) is 2.30. The number of aliphatic hydroxyl groups excluding tert-OH is 1. The van der Waals surface area contributed by atoms with Crippen LogP contribution in [0.15, 0.2) is 24.3 Å². The van der Waals surface area contributed by atoms with Crippen LogP contribution >= 0.6 is 0 Å². The highest BCUT2D eigenvalue weighted by Gasteiger charge is 2.17. The van der Waals surface area contributed by atoms with Crippen molar-refractivity contribution >= 4 is 0 Å². The van der Waals surface area contributed by atoms with Gasteiger partial charge in [0.2, 0.25) is 0 Å². The van der Waals surface area contributed by atoms with Crippen molar-refractivity contribution in [2.24, 2.45) is 5.73 Å². The van der Waals surface area contributed by atoms with E-state index in [2.05, 4.69) is 5.32 Å². The molecule has 0 radical (unpaired) electrons. The Morgan fingerprint density at radius 1 is 1.36 bits per heavy atom. The number of aryl methyl sites for hydroxylation is 1. The van der Waals surface area contributed by atoms with Gasteiger partial charge in [-0.05, 0) is 19.5 Å². The van der Waals surface area contributed by atoms with Crippen molar-refractivity contribution in [3.05, 3.63) is 35.4 Å². The van der Waals surface area contributed by atoms with Crippen molar-refractivity contribution < 1.29 is 5.11 Å². The van der Waals surface area contributed by atoms with Gasteiger partial charge in [-0.25, -0.2) is 0 Å². The SMILES string of the molecule is CNC(c1ccc(C)cc1)C(O)CN. The molecule has 4 N–H and O–H groups in total. The lowest BCUT2D eigenvalue weighted by atomic mass is 10.0. The normalized spacial score (nSPS) is 15.1. The first-order chi connectivity index (χ1) is 6.69. The molecular formula is C11H18N2O. The molecule has 2 atom stereocenters. The summed E-state index contributed by atoms with van der Waals surface area (Å²) in [7, 11) is 1.82. The minimum Gasteiger partial charge on any atom is -0.390 e. The van der Waals surface area contributed by atoms with Crippen LogP contribution in [0.5, 0.6) is 0 Å². The summed E-state index contributed by atoms with van der Waals surface area (Å²) in [4.78, 5) is 0. The molecule has 0 aliphatic heterocycles. The monoisotopic (exact) mass is 194 g/mol. The summed E-state index contributed by atoms with van der Waals surface area (Å²) in [6, 6.07) is 8.00. The second-order valence-electron chi connectivity index (χ2n) is 3.48. The van der Waals surface area contributed by atoms with E-state index in [9.17, 15) is 5.11 Å². The third-order valence-corrected chi connectivity index (χ3v) is 2.37. The molecule has 78 valence electrons. The smallest absolute Gasteiger partial charge is 0.0856 e. The minimum atomic E-state index is -0.539. The molecule has 0 heterocycles. The lowest BCUT2D eigenvalue weighted by Crippen LogP contribution is -2.34. The molecule has 0 aromatic heterocycles. The quantitative estimate of drug-likeness (QED) is 0.657. The average molecular weight is 194 g/mol. The fraction of sp³-hybridized carbons (Fsp3) is 0.455. The third kappa shape index (κ3) is 2.54. The van der Waals surface area contributed by atoms with Gasteiger partial charge in [-0.15, -0.1) is 0 Å². The van der Waals surface area contributed by atoms with Crippen molar-refractivity contribution in [2.75, 3.05) is 13.6 Å². The maximum absolute atomic E-state index is 9.65. The van der Waals surface area contributed by atoms with E-state index < -0.39 is 6.10 Å². The summed E-state index contributed by atoms with van der Waals surface area (Å²) < 4.78 is 0. The van der Waals surface area contributed by atoms with Gasteiger partial charge in [0, 0.05) is 6.54 Å². The first kappa shape index (κ1) is 11.2. The number of likely N-dealkylation sites (N-methyl/N-ethyl adjacent to an activating group) is 1. The number of hydrogen-bond donors (Lipinski definition) is 3. The number of nitrogens with two attached hydrogens (primary N) is 1. The number of aliphatic hydroxyl groups is 1. The Labute approximate surface area is 84.9 Å². The summed E-state index contributed by atoms with van der Waals surface area (Å²) in [6.07, 6.45) is -0.539. The molecule has 1 rings (SSSR count). The predicted molar refractivity (Wildman–Crippen MR) is 58.0 cm³/mol. The van der Waals surface area contributed by atoms with Crippen LogP contribution in [0.2, 0.25) is 0 Å². The fourth-order valence-electron chi connectivity index (χ4n) is 1.49. The average Bonchev–Trinajstić information content (AvgIpc) is 2.21. The number of benzene rings is 1. The molecule has 0 aliphatic carbocycles. The van der Waals surface area contributed by atoms with E-state index in [-0.39, 0.29) is 12.6 Å². The zero-order valence-corrected chi connectivity index (χ0v) is 8.70. The van der Waals surface area contributed by atoms with Gasteiger partial charge in [-0.2, -0.15) is 0 Å². The molecule has 14 heavy (non-hydrogen) atoms. The van der Waals surface area contributed by atoms with Gasteiger partial charge >= 0.3 is 0 Å². The first-order valence-corrected chi connectivity index (χ1v) is 4.81. The third-order valence-electron chi connectivity index (χ3n) is 2.37. The standard InChI is InChI=1S/C11H18N2O/c1-8-3-5-9(6-4-8)11(13-2)10(14)7-12/h3-6,10-11,13-14H,7,12H2,1-2H3. The topological polar surface area (TPSA) is 58.3 Å². The van der Waals surface area contributed by atoms with E-state index in [1.807, 2.05) is 38.2 Å². The van der Waals surface area contributed by atoms with Gasteiger partial charge < -0.3 is 16.2 Å². The Morgan fingerprint density at radius 3 is 2.36 bits per heavy atom. The summed E-state index contributed by atoms with van der Waals surface area (Å²) in [5.74, 6) is 0. The van der Waals surface area contributed by atoms with E-state index in [0.717, 1.165) is 5.56 Å². The van der Waals surface area contributed by atoms with Gasteiger partial charge in [-0.1, -0.05) is 29.8 Å². The molecule has 3 heteroatoms. The summed E-state index contributed by atoms with van der Waals surface area (Å²) in [5, 5.41) is 12.7. The molecule has 0 bridgehead atoms. The van der Waals surface area contributed by atoms with Gasteiger partial charge in [0.05, 0.1) is 12.1 Å². The van der Waals surface area contributed by atoms with Gasteiger partial charge in [0.1, 0.15) is 0 Å². The number of hydrogen-bond acceptors (Lipinski definition) is 3. The largest absolute Gasteiger partial charge is 0.390 e. The Hall–Kier alpha value is -0.900. The van der Waals surface area contributed by atoms with E-state index in [0.29, 0.717) is 0 Å². The molecule has 0 fully saturated rings. The fourth-order valence-corrected chi connectivity index (χ4v) is 1.49. The lowest BCUT2D eigenvalue weighted by molar-refractivity contribution is 0.139. The maximum Gasteiger partial charge on any atom is 0.0856 e. The van der Waals surface area contributed by atoms with E-state index >= 15 is 0 Å². The molecule has 3 nitrogen and oxygen atoms in total. The molecule has 0 aliphatic rings. The highest BCUT2D eigenvalue weighted by Crippen LogP contribution is 2.16. The Morgan fingerprint density at radius 2 is 1.93 bits per heavy atom. The van der Waals surface area contributed by atoms with Crippen molar-refractivity contribution in [2.45, 2.75) is 19.1 Å². The highest BCUT2D eigenvalue weighted by atomic mass is 16.3. The molecule has 1 aromatic carbocycles. The molecule has 0 spiro atoms. The van der Waals surface area contributed by atoms with Crippen molar-refractivity contribution in [1.82, 2.24) is 5.32 Å². The van der Waals surface area contributed by atoms with Gasteiger partial charge in [0.15, 0.2) is 0 Å². The molecule has 0 amide bonds. The minimum absolute atomic E-state index is 0.0828. The maximum atomic E-state index is 9.65. The molecule has 1 aromatic rings. The van der Waals surface area contributed by atoms with Crippen molar-refractivity contribution in [3.63, 3.8) is 0 Å². The molecular weight excluding hydrogens is 176 g/mol. The van der Waals surface area contributed by atoms with Crippen LogP contribution in [0.1, 0.15) is 17.2 Å². The lowest BCUT2D eigenvalue weighted by Gasteiger charge is -2.21. The van der Waals surface area contributed by atoms with Gasteiger partial charge in [-0.3, -0.25) is 0 Å². The van der Waals surface area contributed by atoms with Crippen molar-refractivity contribution in [3.8, 4) is 0 Å². The van der Waals surface area contributed by atoms with Crippen LogP contribution < -0.4 is 11.1 Å². The van der Waals surface area contributed by atoms with E-state index in [1.165, 1.54) is 5.56 Å². The second-order valence-corrected chi connectivity index (χ2v) is 3.48. The molecule has 2 unspecified atom stereocenters. The van der Waals surface area contributed by atoms with Crippen LogP contribution in [0.3, 0.4) is 0 Å². The van der Waals surface area contributed by atoms with Crippen LogP contribution in [-0.2, 0) is 0 Å². The molecule has 0 saturated heterocycles. The first-order valence-electron chi connectivity index (χ1n) is 4.81. The predicted octanol–water partition coefficient (Wildman–Crippen LogP) is 0.575. The van der Waals surface area contributed by atoms with Crippen LogP contribution in [0.4, 0.5) is 0 Å². The van der Waals surface area contributed by atoms with Crippen molar-refractivity contribution in [1.29, 1.82) is 0 Å². The van der Waals surface area contributed by atoms with Gasteiger partial charge in [0.25, 0.3) is 0 Å². The Bertz CT molecular complexity index is 271. The Balaban J connectivity index is 2.84. The van der Waals surface area contributed by atoms with Crippen LogP contribution in [-0.4, -0.2) is 24.8 Å². The number of rotatable bonds is 4. The van der Waals surface area contributed by atoms with Crippen LogP contribution in [0.25, 0.3) is 0 Å². The van der Waals surface area contributed by atoms with Crippen LogP contribution in [0, 0.1) is 6.92 Å². The second kappa shape index (κ2) is 5.10. The Kier molecular flexibility index (Phi) is 4.07. The zero-order valence-electron chi connectivity index (χ0n) is 8.70. The summed E-state index contributed by atoms with van der Waals surface area (Å²) >= 11 is 0.